The van der Waals surface area contributed by atoms with Gasteiger partial charge in [-0.25, -0.2) is 4.79 Å². The number of ether oxygens (including phenoxy) is 1. The lowest BCUT2D eigenvalue weighted by molar-refractivity contribution is -0.137. The third kappa shape index (κ3) is 2.43. The Bertz CT molecular complexity index is 692. The van der Waals surface area contributed by atoms with Gasteiger partial charge in [-0.15, -0.1) is 0 Å². The maximum atomic E-state index is 11.6. The van der Waals surface area contributed by atoms with Gasteiger partial charge in [-0.1, -0.05) is 18.2 Å². The van der Waals surface area contributed by atoms with E-state index in [0.717, 1.165) is 10.9 Å². The van der Waals surface area contributed by atoms with Crippen molar-refractivity contribution in [1.29, 1.82) is 5.26 Å². The number of nitrogen functional groups attached to an aromatic ring is 1. The summed E-state index contributed by atoms with van der Waals surface area (Å²) in [5.41, 5.74) is 1.50. The van der Waals surface area contributed by atoms with Gasteiger partial charge in [0.1, 0.15) is 11.6 Å². The number of rotatable bonds is 3. The van der Waals surface area contributed by atoms with Crippen molar-refractivity contribution in [2.45, 2.75) is 6.92 Å². The van der Waals surface area contributed by atoms with Gasteiger partial charge < -0.3 is 10.6 Å². The molecule has 96 valence electrons. The monoisotopic (exact) mass is 255 g/mol. The van der Waals surface area contributed by atoms with E-state index in [9.17, 15) is 4.79 Å². The zero-order chi connectivity index (χ0) is 13.8. The minimum atomic E-state index is -0.626. The number of hydrogen-bond acceptors (Lipinski definition) is 4. The molecule has 1 aromatic heterocycles. The molecular weight excluding hydrogens is 242 g/mol. The number of nitrogens with two attached hydrogens (primary N) is 1. The molecule has 2 aromatic rings. The van der Waals surface area contributed by atoms with Crippen molar-refractivity contribution in [2.75, 3.05) is 12.4 Å². The van der Waals surface area contributed by atoms with Crippen molar-refractivity contribution in [2.24, 2.45) is 0 Å². The maximum absolute atomic E-state index is 11.6. The van der Waals surface area contributed by atoms with Gasteiger partial charge in [0.25, 0.3) is 0 Å². The molecule has 19 heavy (non-hydrogen) atoms. The van der Waals surface area contributed by atoms with Crippen LogP contribution in [0.4, 0.5) is 0 Å². The first-order chi connectivity index (χ1) is 9.17. The number of nitrogens with zero attached hydrogens (tertiary/aromatic N) is 2. The van der Waals surface area contributed by atoms with Gasteiger partial charge in [0.05, 0.1) is 12.1 Å². The fourth-order valence-corrected chi connectivity index (χ4v) is 1.85. The first kappa shape index (κ1) is 12.7. The summed E-state index contributed by atoms with van der Waals surface area (Å²) in [5.74, 6) is 5.19. The van der Waals surface area contributed by atoms with Crippen LogP contribution in [0.15, 0.2) is 36.0 Å². The third-order valence-electron chi connectivity index (χ3n) is 2.69. The van der Waals surface area contributed by atoms with Gasteiger partial charge >= 0.3 is 5.97 Å². The maximum Gasteiger partial charge on any atom is 0.348 e. The van der Waals surface area contributed by atoms with Crippen LogP contribution in [0.25, 0.3) is 17.0 Å². The van der Waals surface area contributed by atoms with Crippen LogP contribution in [-0.2, 0) is 9.53 Å². The highest BCUT2D eigenvalue weighted by Gasteiger charge is 2.12. The van der Waals surface area contributed by atoms with Crippen molar-refractivity contribution >= 4 is 22.9 Å². The predicted octanol–water partition coefficient (Wildman–Crippen LogP) is 1.83. The van der Waals surface area contributed by atoms with E-state index in [-0.39, 0.29) is 12.2 Å². The molecule has 0 radical (unpaired) electrons. The molecule has 1 aromatic carbocycles. The molecule has 0 unspecified atom stereocenters. The average molecular weight is 255 g/mol. The van der Waals surface area contributed by atoms with E-state index in [1.54, 1.807) is 13.1 Å². The van der Waals surface area contributed by atoms with Crippen LogP contribution in [0, 0.1) is 11.3 Å². The van der Waals surface area contributed by atoms with Gasteiger partial charge in [-0.05, 0) is 19.1 Å². The van der Waals surface area contributed by atoms with E-state index < -0.39 is 5.97 Å². The number of esters is 1. The lowest BCUT2D eigenvalue weighted by Gasteiger charge is -1.98. The summed E-state index contributed by atoms with van der Waals surface area (Å²) in [6, 6.07) is 9.33. The summed E-state index contributed by atoms with van der Waals surface area (Å²) in [5, 5.41) is 9.88. The van der Waals surface area contributed by atoms with Gasteiger partial charge in [0, 0.05) is 17.1 Å². The summed E-state index contributed by atoms with van der Waals surface area (Å²) >= 11 is 0. The Kier molecular flexibility index (Phi) is 3.53. The molecule has 0 aliphatic carbocycles. The zero-order valence-electron chi connectivity index (χ0n) is 10.5. The average Bonchev–Trinajstić information content (AvgIpc) is 2.73. The molecular formula is C14H13N3O2. The SMILES string of the molecule is CCOC(=O)/C(C#N)=C/c1cn(N)c2ccccc12. The van der Waals surface area contributed by atoms with Gasteiger partial charge in [0.2, 0.25) is 0 Å². The molecule has 0 fully saturated rings. The minimum absolute atomic E-state index is 0.0433. The molecule has 0 atom stereocenters. The summed E-state index contributed by atoms with van der Waals surface area (Å²) in [4.78, 5) is 11.6. The molecule has 1 heterocycles. The summed E-state index contributed by atoms with van der Waals surface area (Å²) in [6.07, 6.45) is 3.16. The van der Waals surface area contributed by atoms with Crippen molar-refractivity contribution < 1.29 is 9.53 Å². The summed E-state index contributed by atoms with van der Waals surface area (Å²) in [6.45, 7) is 1.93. The molecule has 0 saturated carbocycles. The summed E-state index contributed by atoms with van der Waals surface area (Å²) < 4.78 is 6.28. The van der Waals surface area contributed by atoms with E-state index >= 15 is 0 Å². The number of carbonyl (C=O) groups excluding carboxylic acids is 1. The normalized spacial score (nSPS) is 11.3. The second-order valence-corrected chi connectivity index (χ2v) is 3.90. The lowest BCUT2D eigenvalue weighted by Crippen LogP contribution is -2.06. The van der Waals surface area contributed by atoms with Crippen LogP contribution >= 0.6 is 0 Å². The topological polar surface area (TPSA) is 81.0 Å². The molecule has 0 aliphatic rings. The first-order valence-electron chi connectivity index (χ1n) is 5.81. The van der Waals surface area contributed by atoms with E-state index in [2.05, 4.69) is 0 Å². The molecule has 0 saturated heterocycles. The number of para-hydroxylation sites is 1. The molecule has 0 aliphatic heterocycles. The summed E-state index contributed by atoms with van der Waals surface area (Å²) in [7, 11) is 0. The Hall–Kier alpha value is -2.74. The highest BCUT2D eigenvalue weighted by atomic mass is 16.5. The zero-order valence-corrected chi connectivity index (χ0v) is 10.5. The second-order valence-electron chi connectivity index (χ2n) is 3.90. The Morgan fingerprint density at radius 2 is 2.26 bits per heavy atom. The standard InChI is InChI=1S/C14H13N3O2/c1-2-19-14(18)10(8-15)7-11-9-17(16)13-6-4-3-5-12(11)13/h3-7,9H,2,16H2,1H3/b10-7+. The smallest absolute Gasteiger partial charge is 0.348 e. The van der Waals surface area contributed by atoms with Crippen LogP contribution in [0.1, 0.15) is 12.5 Å². The Balaban J connectivity index is 2.50. The molecule has 2 N–H and O–H groups in total. The predicted molar refractivity (Wildman–Crippen MR) is 72.3 cm³/mol. The molecule has 2 rings (SSSR count). The van der Waals surface area contributed by atoms with Gasteiger partial charge in [0.15, 0.2) is 0 Å². The molecule has 5 nitrogen and oxygen atoms in total. The Labute approximate surface area is 110 Å². The molecule has 0 spiro atoms. The minimum Gasteiger partial charge on any atom is -0.462 e. The van der Waals surface area contributed by atoms with E-state index in [1.165, 1.54) is 10.8 Å². The van der Waals surface area contributed by atoms with E-state index in [4.69, 9.17) is 15.8 Å². The first-order valence-corrected chi connectivity index (χ1v) is 5.81. The number of aromatic nitrogens is 1. The number of fused-ring (bicyclic) bond motifs is 1. The lowest BCUT2D eigenvalue weighted by atomic mass is 10.1. The molecule has 0 amide bonds. The molecule has 0 bridgehead atoms. The molecule has 5 heteroatoms. The van der Waals surface area contributed by atoms with Gasteiger partial charge in [-0.3, -0.25) is 4.68 Å². The fraction of sp³-hybridized carbons (Fsp3) is 0.143. The van der Waals surface area contributed by atoms with Crippen LogP contribution in [0.2, 0.25) is 0 Å². The number of benzene rings is 1. The van der Waals surface area contributed by atoms with Crippen molar-refractivity contribution in [3.05, 3.63) is 41.6 Å². The number of carbonyl (C=O) groups is 1. The quantitative estimate of drug-likeness (QED) is 0.392. The van der Waals surface area contributed by atoms with Crippen LogP contribution in [0.3, 0.4) is 0 Å². The largest absolute Gasteiger partial charge is 0.462 e. The van der Waals surface area contributed by atoms with Crippen molar-refractivity contribution in [3.8, 4) is 6.07 Å². The van der Waals surface area contributed by atoms with Crippen LogP contribution in [-0.4, -0.2) is 17.3 Å². The van der Waals surface area contributed by atoms with E-state index in [1.807, 2.05) is 30.3 Å². The highest BCUT2D eigenvalue weighted by molar-refractivity contribution is 6.01. The van der Waals surface area contributed by atoms with Crippen molar-refractivity contribution in [1.82, 2.24) is 4.68 Å². The number of nitriles is 1. The Morgan fingerprint density at radius 3 is 2.95 bits per heavy atom. The Morgan fingerprint density at radius 1 is 1.53 bits per heavy atom. The third-order valence-corrected chi connectivity index (χ3v) is 2.69. The fourth-order valence-electron chi connectivity index (χ4n) is 1.85. The highest BCUT2D eigenvalue weighted by Crippen LogP contribution is 2.21. The van der Waals surface area contributed by atoms with Crippen molar-refractivity contribution in [3.63, 3.8) is 0 Å². The number of hydrogen-bond donors (Lipinski definition) is 1. The van der Waals surface area contributed by atoms with Gasteiger partial charge in [-0.2, -0.15) is 5.26 Å². The second kappa shape index (κ2) is 5.27. The van der Waals surface area contributed by atoms with Crippen LogP contribution < -0.4 is 5.84 Å². The van der Waals surface area contributed by atoms with E-state index in [0.29, 0.717) is 5.56 Å². The van der Waals surface area contributed by atoms with Crippen LogP contribution in [0.5, 0.6) is 0 Å².